The van der Waals surface area contributed by atoms with E-state index in [0.29, 0.717) is 35.6 Å². The molecule has 4 N–H and O–H groups in total. The van der Waals surface area contributed by atoms with Crippen LogP contribution >= 0.6 is 0 Å². The second-order valence-corrected chi connectivity index (χ2v) is 12.5. The van der Waals surface area contributed by atoms with E-state index in [-0.39, 0.29) is 12.1 Å². The van der Waals surface area contributed by atoms with Gasteiger partial charge in [-0.3, -0.25) is 10.2 Å². The summed E-state index contributed by atoms with van der Waals surface area (Å²) in [5.74, 6) is 2.39. The van der Waals surface area contributed by atoms with Crippen molar-refractivity contribution in [2.45, 2.75) is 64.1 Å². The lowest BCUT2D eigenvalue weighted by molar-refractivity contribution is 0.0106. The van der Waals surface area contributed by atoms with Gasteiger partial charge >= 0.3 is 0 Å². The van der Waals surface area contributed by atoms with Crippen molar-refractivity contribution in [2.24, 2.45) is 5.92 Å². The first-order valence-electron chi connectivity index (χ1n) is 15.8. The van der Waals surface area contributed by atoms with Gasteiger partial charge in [-0.25, -0.2) is 0 Å². The molecule has 238 valence electrons. The Morgan fingerprint density at radius 3 is 2.64 bits per heavy atom. The first-order valence-corrected chi connectivity index (χ1v) is 15.8. The Morgan fingerprint density at radius 2 is 1.89 bits per heavy atom. The predicted octanol–water partition coefficient (Wildman–Crippen LogP) is 4.65. The van der Waals surface area contributed by atoms with Gasteiger partial charge in [0.2, 0.25) is 0 Å². The van der Waals surface area contributed by atoms with Crippen LogP contribution in [0.25, 0.3) is 21.9 Å². The Morgan fingerprint density at radius 1 is 1.07 bits per heavy atom. The van der Waals surface area contributed by atoms with Gasteiger partial charge in [-0.05, 0) is 63.4 Å². The van der Waals surface area contributed by atoms with E-state index in [1.807, 2.05) is 36.4 Å². The zero-order valence-electron chi connectivity index (χ0n) is 26.2. The minimum Gasteiger partial charge on any atom is -0.496 e. The maximum atomic E-state index is 11.1. The van der Waals surface area contributed by atoms with Crippen LogP contribution in [0.5, 0.6) is 17.2 Å². The Kier molecular flexibility index (Phi) is 9.34. The van der Waals surface area contributed by atoms with Crippen molar-refractivity contribution in [1.82, 2.24) is 20.1 Å². The average molecular weight is 607 g/mol. The summed E-state index contributed by atoms with van der Waals surface area (Å²) >= 11 is 0. The molecule has 2 aliphatic rings. The number of H-pyrrole nitrogens is 1. The zero-order chi connectivity index (χ0) is 30.8. The number of likely N-dealkylation sites (tertiary alicyclic amines) is 2. The van der Waals surface area contributed by atoms with Crippen molar-refractivity contribution in [3.63, 3.8) is 0 Å². The summed E-state index contributed by atoms with van der Waals surface area (Å²) < 4.78 is 23.0. The van der Waals surface area contributed by atoms with E-state index >= 15 is 0 Å². The van der Waals surface area contributed by atoms with Crippen LogP contribution in [-0.4, -0.2) is 90.1 Å². The summed E-state index contributed by atoms with van der Waals surface area (Å²) in [6.45, 7) is 9.73. The number of nitrogens with zero attached hydrogens (tertiary/aromatic N) is 2. The van der Waals surface area contributed by atoms with Gasteiger partial charge in [-0.15, -0.1) is 0 Å². The molecule has 0 saturated carbocycles. The number of aromatic nitrogens is 1. The molecule has 2 aromatic carbocycles. The summed E-state index contributed by atoms with van der Waals surface area (Å²) in [6.07, 6.45) is 3.56. The van der Waals surface area contributed by atoms with Crippen LogP contribution in [0, 0.1) is 5.92 Å². The Balaban J connectivity index is 1.04. The maximum Gasteiger partial charge on any atom is 0.146 e. The third-order valence-corrected chi connectivity index (χ3v) is 9.49. The molecule has 4 aromatic rings. The van der Waals surface area contributed by atoms with Crippen molar-refractivity contribution in [2.75, 3.05) is 46.9 Å². The van der Waals surface area contributed by atoms with Crippen molar-refractivity contribution >= 4 is 21.9 Å². The lowest BCUT2D eigenvalue weighted by Crippen LogP contribution is -2.52. The van der Waals surface area contributed by atoms with E-state index in [1.165, 1.54) is 0 Å². The summed E-state index contributed by atoms with van der Waals surface area (Å²) in [7, 11) is 3.24. The number of furan rings is 1. The number of nitrogens with one attached hydrogen (secondary N) is 2. The lowest BCUT2D eigenvalue weighted by atomic mass is 9.95. The molecule has 2 aliphatic heterocycles. The van der Waals surface area contributed by atoms with Crippen LogP contribution in [0.15, 0.2) is 47.1 Å². The topological polar surface area (TPSA) is 116 Å². The highest BCUT2D eigenvalue weighted by Gasteiger charge is 2.29. The number of fused-ring (bicyclic) bond motifs is 2. The van der Waals surface area contributed by atoms with Gasteiger partial charge in [0.1, 0.15) is 35.7 Å². The van der Waals surface area contributed by atoms with Gasteiger partial charge in [0.25, 0.3) is 0 Å². The molecule has 44 heavy (non-hydrogen) atoms. The lowest BCUT2D eigenvalue weighted by Gasteiger charge is -2.41. The number of aliphatic hydroxyl groups is 2. The third kappa shape index (κ3) is 6.55. The van der Waals surface area contributed by atoms with Gasteiger partial charge in [-0.2, -0.15) is 0 Å². The first-order chi connectivity index (χ1) is 21.3. The number of aromatic amines is 1. The highest BCUT2D eigenvalue weighted by molar-refractivity contribution is 5.89. The molecule has 6 rings (SSSR count). The van der Waals surface area contributed by atoms with Crippen molar-refractivity contribution < 1.29 is 28.8 Å². The summed E-state index contributed by atoms with van der Waals surface area (Å²) in [5, 5.41) is 26.4. The minimum atomic E-state index is -0.802. The molecule has 0 amide bonds. The maximum absolute atomic E-state index is 11.1. The molecule has 4 atom stereocenters. The number of methoxy groups -OCH3 is 2. The van der Waals surface area contributed by atoms with E-state index in [0.717, 1.165) is 85.3 Å². The summed E-state index contributed by atoms with van der Waals surface area (Å²) in [4.78, 5) is 8.43. The number of hydrogen-bond donors (Lipinski definition) is 4. The monoisotopic (exact) mass is 606 g/mol. The summed E-state index contributed by atoms with van der Waals surface area (Å²) in [6, 6.07) is 12.2. The molecule has 10 heteroatoms. The van der Waals surface area contributed by atoms with Gasteiger partial charge in [0.05, 0.1) is 37.7 Å². The molecule has 10 nitrogen and oxygen atoms in total. The van der Waals surface area contributed by atoms with Crippen LogP contribution in [0.2, 0.25) is 0 Å². The number of ether oxygens (including phenoxy) is 3. The van der Waals surface area contributed by atoms with E-state index in [4.69, 9.17) is 18.6 Å². The van der Waals surface area contributed by atoms with E-state index < -0.39 is 6.23 Å². The molecule has 1 unspecified atom stereocenters. The fourth-order valence-electron chi connectivity index (χ4n) is 6.78. The van der Waals surface area contributed by atoms with Crippen molar-refractivity contribution in [3.05, 3.63) is 53.9 Å². The Labute approximate surface area is 258 Å². The van der Waals surface area contributed by atoms with Gasteiger partial charge in [-0.1, -0.05) is 13.0 Å². The highest BCUT2D eigenvalue weighted by atomic mass is 16.5. The number of rotatable bonds is 11. The van der Waals surface area contributed by atoms with Crippen LogP contribution in [0.4, 0.5) is 0 Å². The van der Waals surface area contributed by atoms with E-state index in [9.17, 15) is 10.2 Å². The van der Waals surface area contributed by atoms with Crippen LogP contribution in [0.3, 0.4) is 0 Å². The largest absolute Gasteiger partial charge is 0.496 e. The fourth-order valence-corrected chi connectivity index (χ4v) is 6.78. The van der Waals surface area contributed by atoms with Gasteiger partial charge in [0.15, 0.2) is 0 Å². The van der Waals surface area contributed by atoms with Crippen LogP contribution in [0.1, 0.15) is 50.6 Å². The molecule has 4 heterocycles. The number of aliphatic hydroxyl groups excluding tert-OH is 2. The number of benzene rings is 2. The van der Waals surface area contributed by atoms with E-state index in [2.05, 4.69) is 33.9 Å². The Bertz CT molecular complexity index is 1540. The molecule has 0 spiro atoms. The van der Waals surface area contributed by atoms with Gasteiger partial charge < -0.3 is 38.7 Å². The molecular weight excluding hydrogens is 560 g/mol. The van der Waals surface area contributed by atoms with Crippen LogP contribution in [-0.2, 0) is 6.61 Å². The first kappa shape index (κ1) is 30.7. The molecular formula is C34H46N4O6. The number of hydrogen-bond acceptors (Lipinski definition) is 9. The van der Waals surface area contributed by atoms with Crippen molar-refractivity contribution in [3.8, 4) is 17.2 Å². The molecule has 0 bridgehead atoms. The predicted molar refractivity (Wildman–Crippen MR) is 170 cm³/mol. The molecule has 0 radical (unpaired) electrons. The van der Waals surface area contributed by atoms with E-state index in [1.54, 1.807) is 20.5 Å². The van der Waals surface area contributed by atoms with Crippen LogP contribution < -0.4 is 19.5 Å². The molecule has 2 fully saturated rings. The molecule has 2 aromatic heterocycles. The second kappa shape index (κ2) is 13.4. The summed E-state index contributed by atoms with van der Waals surface area (Å²) in [5.41, 5.74) is 3.17. The van der Waals surface area contributed by atoms with Crippen molar-refractivity contribution in [1.29, 1.82) is 0 Å². The fraction of sp³-hybridized carbons (Fsp3) is 0.529. The highest BCUT2D eigenvalue weighted by Crippen LogP contribution is 2.36. The standard InChI is InChI=1S/C34H46N4O6/c1-21-17-38(13-10-29(21)39)22(2)18-37-11-8-24(9-12-37)35-34(40)28-16-26-27(36-28)6-5-7-30(26)43-19-23-20-44-32-15-25(41-3)14-31(42-4)33(23)32/h5-7,14-16,20-22,24,29,34-36,39-40H,8-13,17-19H2,1-4H3/t21-,22-,29-,34?/m0/s1. The normalized spacial score (nSPS) is 22.0. The molecule has 0 aliphatic carbocycles. The zero-order valence-corrected chi connectivity index (χ0v) is 26.2. The third-order valence-electron chi connectivity index (χ3n) is 9.49. The second-order valence-electron chi connectivity index (χ2n) is 12.5. The molecule has 2 saturated heterocycles. The quantitative estimate of drug-likeness (QED) is 0.181. The average Bonchev–Trinajstić information content (AvgIpc) is 3.66. The van der Waals surface area contributed by atoms with Gasteiger partial charge in [0, 0.05) is 60.3 Å². The SMILES string of the molecule is COc1cc(OC)c2c(COc3cccc4[nH]c(C(O)NC5CCN(C[C@H](C)N6CC[C@H](O)[C@@H](C)C6)CC5)cc34)coc2c1. The number of piperidine rings is 2. The Hall–Kier alpha value is -3.28. The minimum absolute atomic E-state index is 0.166. The smallest absolute Gasteiger partial charge is 0.146 e.